The minimum Gasteiger partial charge on any atom is -0.256 e. The monoisotopic (exact) mass is 351 g/mol. The molecule has 3 aromatic carbocycles. The molecule has 0 heterocycles. The number of rotatable bonds is 3. The van der Waals surface area contributed by atoms with Crippen molar-refractivity contribution in [1.82, 2.24) is 0 Å². The van der Waals surface area contributed by atoms with Crippen molar-refractivity contribution in [1.29, 1.82) is 0 Å². The molecule has 0 radical (unpaired) electrons. The Morgan fingerprint density at radius 3 is 2.33 bits per heavy atom. The van der Waals surface area contributed by atoms with Gasteiger partial charge in [-0.25, -0.2) is 0 Å². The summed E-state index contributed by atoms with van der Waals surface area (Å²) >= 11 is 0. The van der Waals surface area contributed by atoms with Gasteiger partial charge in [0.15, 0.2) is 0 Å². The molecule has 1 heteroatoms. The van der Waals surface area contributed by atoms with Gasteiger partial charge in [0, 0.05) is 17.7 Å². The van der Waals surface area contributed by atoms with Crippen molar-refractivity contribution in [3.63, 3.8) is 0 Å². The Hall–Kier alpha value is -2.93. The molecule has 1 aliphatic carbocycles. The molecule has 27 heavy (non-hydrogen) atoms. The molecule has 0 aliphatic heterocycles. The molecule has 0 amide bonds. The molecule has 0 bridgehead atoms. The van der Waals surface area contributed by atoms with Gasteiger partial charge >= 0.3 is 0 Å². The van der Waals surface area contributed by atoms with Crippen LogP contribution in [0.5, 0.6) is 0 Å². The third-order valence-corrected chi connectivity index (χ3v) is 5.33. The molecule has 0 saturated carbocycles. The van der Waals surface area contributed by atoms with Gasteiger partial charge in [0.05, 0.1) is 5.69 Å². The fourth-order valence-electron chi connectivity index (χ4n) is 4.10. The number of hydrogen-bond acceptors (Lipinski definition) is 1. The van der Waals surface area contributed by atoms with Crippen LogP contribution in [0.15, 0.2) is 77.3 Å². The van der Waals surface area contributed by atoms with Crippen molar-refractivity contribution in [3.05, 3.63) is 100 Å². The van der Waals surface area contributed by atoms with Gasteiger partial charge in [0.25, 0.3) is 0 Å². The highest BCUT2D eigenvalue weighted by Gasteiger charge is 2.15. The largest absolute Gasteiger partial charge is 0.256 e. The van der Waals surface area contributed by atoms with Gasteiger partial charge < -0.3 is 0 Å². The first-order valence-corrected chi connectivity index (χ1v) is 9.53. The Labute approximate surface area is 161 Å². The van der Waals surface area contributed by atoms with E-state index in [1.165, 1.54) is 44.2 Å². The maximum atomic E-state index is 4.95. The summed E-state index contributed by atoms with van der Waals surface area (Å²) in [6, 6.07) is 17.5. The van der Waals surface area contributed by atoms with Crippen LogP contribution in [0, 0.1) is 20.8 Å². The third kappa shape index (κ3) is 3.38. The average molecular weight is 351 g/mol. The molecular weight excluding hydrogens is 326 g/mol. The van der Waals surface area contributed by atoms with Crippen molar-refractivity contribution in [3.8, 4) is 0 Å². The van der Waals surface area contributed by atoms with Gasteiger partial charge in [-0.2, -0.15) is 0 Å². The predicted molar refractivity (Wildman–Crippen MR) is 117 cm³/mol. The van der Waals surface area contributed by atoms with E-state index in [1.807, 2.05) is 0 Å². The molecule has 0 saturated heterocycles. The van der Waals surface area contributed by atoms with Crippen LogP contribution in [0.3, 0.4) is 0 Å². The molecule has 0 fully saturated rings. The summed E-state index contributed by atoms with van der Waals surface area (Å²) < 4.78 is 0. The van der Waals surface area contributed by atoms with Crippen molar-refractivity contribution in [2.24, 2.45) is 4.99 Å². The predicted octanol–water partition coefficient (Wildman–Crippen LogP) is 7.12. The summed E-state index contributed by atoms with van der Waals surface area (Å²) in [7, 11) is 0. The van der Waals surface area contributed by atoms with E-state index in [1.54, 1.807) is 0 Å². The normalized spacial score (nSPS) is 16.4. The van der Waals surface area contributed by atoms with Gasteiger partial charge in [-0.15, -0.1) is 0 Å². The Morgan fingerprint density at radius 1 is 0.889 bits per heavy atom. The summed E-state index contributed by atoms with van der Waals surface area (Å²) in [5.74, 6) is 0.316. The van der Waals surface area contributed by atoms with E-state index >= 15 is 0 Å². The molecule has 134 valence electrons. The Morgan fingerprint density at radius 2 is 1.63 bits per heavy atom. The van der Waals surface area contributed by atoms with Crippen LogP contribution in [0.4, 0.5) is 5.69 Å². The molecule has 0 spiro atoms. The standard InChI is InChI=1S/C26H25N/c1-17-9-10-22(15-17)24-12-11-21-7-5-6-8-23(21)25(24)16-27-26-19(3)13-18(2)14-20(26)4/h5-16,22H,1-4H3. The SMILES string of the molecule is CC1=CC(c2ccc3ccccc3c2C=Nc2c(C)cc(C)cc2C)C=C1. The number of aliphatic imine (C=N–C) groups is 1. The van der Waals surface area contributed by atoms with Crippen LogP contribution < -0.4 is 0 Å². The lowest BCUT2D eigenvalue weighted by Gasteiger charge is -2.14. The van der Waals surface area contributed by atoms with Crippen LogP contribution >= 0.6 is 0 Å². The van der Waals surface area contributed by atoms with Crippen LogP contribution in [0.2, 0.25) is 0 Å². The van der Waals surface area contributed by atoms with Crippen molar-refractivity contribution in [2.45, 2.75) is 33.6 Å². The zero-order valence-electron chi connectivity index (χ0n) is 16.5. The van der Waals surface area contributed by atoms with E-state index in [9.17, 15) is 0 Å². The summed E-state index contributed by atoms with van der Waals surface area (Å²) in [5, 5.41) is 2.51. The molecule has 3 aromatic rings. The molecule has 1 nitrogen and oxygen atoms in total. The fourth-order valence-corrected chi connectivity index (χ4v) is 4.10. The van der Waals surface area contributed by atoms with Gasteiger partial charge in [-0.05, 0) is 55.2 Å². The molecule has 4 rings (SSSR count). The lowest BCUT2D eigenvalue weighted by atomic mass is 9.91. The summed E-state index contributed by atoms with van der Waals surface area (Å²) in [4.78, 5) is 4.95. The Kier molecular flexibility index (Phi) is 4.53. The van der Waals surface area contributed by atoms with E-state index < -0.39 is 0 Å². The van der Waals surface area contributed by atoms with E-state index in [-0.39, 0.29) is 0 Å². The number of nitrogens with zero attached hydrogens (tertiary/aromatic N) is 1. The van der Waals surface area contributed by atoms with Gasteiger partial charge in [-0.3, -0.25) is 4.99 Å². The molecule has 1 atom stereocenters. The molecule has 1 aliphatic rings. The van der Waals surface area contributed by atoms with Gasteiger partial charge in [0.2, 0.25) is 0 Å². The topological polar surface area (TPSA) is 12.4 Å². The second-order valence-electron chi connectivity index (χ2n) is 7.59. The van der Waals surface area contributed by atoms with Gasteiger partial charge in [-0.1, -0.05) is 77.9 Å². The van der Waals surface area contributed by atoms with Crippen LogP contribution in [0.25, 0.3) is 10.8 Å². The minimum atomic E-state index is 0.316. The zero-order valence-corrected chi connectivity index (χ0v) is 16.5. The first-order chi connectivity index (χ1) is 13.0. The quantitative estimate of drug-likeness (QED) is 0.446. The maximum Gasteiger partial charge on any atom is 0.0688 e. The number of hydrogen-bond donors (Lipinski definition) is 0. The third-order valence-electron chi connectivity index (χ3n) is 5.33. The van der Waals surface area contributed by atoms with Crippen LogP contribution in [-0.2, 0) is 0 Å². The smallest absolute Gasteiger partial charge is 0.0688 e. The number of fused-ring (bicyclic) bond motifs is 1. The lowest BCUT2D eigenvalue weighted by molar-refractivity contribution is 1.10. The molecule has 0 N–H and O–H groups in total. The number of aryl methyl sites for hydroxylation is 3. The van der Waals surface area contributed by atoms with E-state index in [4.69, 9.17) is 4.99 Å². The van der Waals surface area contributed by atoms with E-state index in [0.717, 1.165) is 5.69 Å². The Bertz CT molecular complexity index is 1090. The van der Waals surface area contributed by atoms with E-state index in [0.29, 0.717) is 5.92 Å². The molecular formula is C26H25N. The summed E-state index contributed by atoms with van der Waals surface area (Å²) in [5.41, 5.74) is 8.66. The molecule has 0 aromatic heterocycles. The highest BCUT2D eigenvalue weighted by Crippen LogP contribution is 2.33. The first-order valence-electron chi connectivity index (χ1n) is 9.53. The Balaban J connectivity index is 1.88. The summed E-state index contributed by atoms with van der Waals surface area (Å²) in [6.45, 7) is 8.58. The second kappa shape index (κ2) is 7.00. The van der Waals surface area contributed by atoms with Crippen molar-refractivity contribution in [2.75, 3.05) is 0 Å². The highest BCUT2D eigenvalue weighted by atomic mass is 14.7. The minimum absolute atomic E-state index is 0.316. The van der Waals surface area contributed by atoms with Gasteiger partial charge in [0.1, 0.15) is 0 Å². The van der Waals surface area contributed by atoms with E-state index in [2.05, 4.69) is 101 Å². The molecule has 1 unspecified atom stereocenters. The van der Waals surface area contributed by atoms with Crippen LogP contribution in [0.1, 0.15) is 40.7 Å². The lowest BCUT2D eigenvalue weighted by Crippen LogP contribution is -1.98. The summed E-state index contributed by atoms with van der Waals surface area (Å²) in [6.07, 6.45) is 8.87. The average Bonchev–Trinajstić information content (AvgIpc) is 3.07. The first kappa shape index (κ1) is 17.5. The van der Waals surface area contributed by atoms with Crippen molar-refractivity contribution >= 4 is 22.7 Å². The number of benzene rings is 3. The number of allylic oxidation sites excluding steroid dienone is 4. The second-order valence-corrected chi connectivity index (χ2v) is 7.59. The van der Waals surface area contributed by atoms with Crippen molar-refractivity contribution < 1.29 is 0 Å². The fraction of sp³-hybridized carbons (Fsp3) is 0.192. The zero-order chi connectivity index (χ0) is 19.0. The maximum absolute atomic E-state index is 4.95. The van der Waals surface area contributed by atoms with Crippen LogP contribution in [-0.4, -0.2) is 6.21 Å². The highest BCUT2D eigenvalue weighted by molar-refractivity contribution is 6.02.